The second-order valence-corrected chi connectivity index (χ2v) is 5.61. The molecule has 1 saturated heterocycles. The van der Waals surface area contributed by atoms with Crippen molar-refractivity contribution in [2.24, 2.45) is 7.05 Å². The number of nitro benzene ring substituents is 1. The van der Waals surface area contributed by atoms with E-state index in [0.29, 0.717) is 24.2 Å². The third-order valence-corrected chi connectivity index (χ3v) is 3.94. The van der Waals surface area contributed by atoms with Crippen LogP contribution in [0.5, 0.6) is 0 Å². The first kappa shape index (κ1) is 15.0. The third-order valence-electron chi connectivity index (χ3n) is 3.94. The van der Waals surface area contributed by atoms with Gasteiger partial charge >= 0.3 is 0 Å². The zero-order valence-corrected chi connectivity index (χ0v) is 12.9. The second kappa shape index (κ2) is 5.71. The molecule has 0 aliphatic carbocycles. The van der Waals surface area contributed by atoms with Crippen molar-refractivity contribution in [3.8, 4) is 0 Å². The number of aromatic nitrogens is 2. The van der Waals surface area contributed by atoms with Crippen LogP contribution in [-0.4, -0.2) is 33.2 Å². The smallest absolute Gasteiger partial charge is 0.272 e. The zero-order chi connectivity index (χ0) is 16.6. The standard InChI is InChI=1S/C15H17N5O3/c1-10-7-11(3-4-14(10)20(22)23)17-13-5-6-19(15(13)21)12-8-16-18(2)9-12/h3-4,7-9,13,17H,5-6H2,1-2H3. The lowest BCUT2D eigenvalue weighted by Crippen LogP contribution is -2.33. The van der Waals surface area contributed by atoms with E-state index in [2.05, 4.69) is 10.4 Å². The Morgan fingerprint density at radius 3 is 2.83 bits per heavy atom. The third kappa shape index (κ3) is 2.87. The number of nitrogens with zero attached hydrogens (tertiary/aromatic N) is 4. The van der Waals surface area contributed by atoms with Gasteiger partial charge in [-0.2, -0.15) is 5.10 Å². The maximum atomic E-state index is 12.5. The molecule has 1 aliphatic rings. The summed E-state index contributed by atoms with van der Waals surface area (Å²) >= 11 is 0. The summed E-state index contributed by atoms with van der Waals surface area (Å²) < 4.78 is 1.66. The van der Waals surface area contributed by atoms with Gasteiger partial charge in [-0.25, -0.2) is 0 Å². The molecule has 1 atom stereocenters. The van der Waals surface area contributed by atoms with Crippen molar-refractivity contribution >= 4 is 23.0 Å². The molecule has 8 nitrogen and oxygen atoms in total. The van der Waals surface area contributed by atoms with Gasteiger partial charge in [-0.1, -0.05) is 0 Å². The fourth-order valence-electron chi connectivity index (χ4n) is 2.77. The number of carbonyl (C=O) groups excluding carboxylic acids is 1. The van der Waals surface area contributed by atoms with E-state index in [-0.39, 0.29) is 17.6 Å². The van der Waals surface area contributed by atoms with Crippen LogP contribution in [0.3, 0.4) is 0 Å². The second-order valence-electron chi connectivity index (χ2n) is 5.61. The normalized spacial score (nSPS) is 17.6. The average Bonchev–Trinajstić information content (AvgIpc) is 3.06. The van der Waals surface area contributed by atoms with Crippen LogP contribution in [-0.2, 0) is 11.8 Å². The number of hydrogen-bond donors (Lipinski definition) is 1. The largest absolute Gasteiger partial charge is 0.374 e. The summed E-state index contributed by atoms with van der Waals surface area (Å²) in [6, 6.07) is 4.44. The van der Waals surface area contributed by atoms with Crippen molar-refractivity contribution in [1.29, 1.82) is 0 Å². The quantitative estimate of drug-likeness (QED) is 0.686. The average molecular weight is 315 g/mol. The molecular weight excluding hydrogens is 298 g/mol. The van der Waals surface area contributed by atoms with E-state index in [1.807, 2.05) is 0 Å². The molecule has 8 heteroatoms. The number of benzene rings is 1. The zero-order valence-electron chi connectivity index (χ0n) is 12.9. The van der Waals surface area contributed by atoms with Crippen LogP contribution < -0.4 is 10.2 Å². The van der Waals surface area contributed by atoms with Gasteiger partial charge in [0, 0.05) is 37.1 Å². The van der Waals surface area contributed by atoms with Gasteiger partial charge in [0.2, 0.25) is 5.91 Å². The van der Waals surface area contributed by atoms with E-state index in [9.17, 15) is 14.9 Å². The van der Waals surface area contributed by atoms with Crippen LogP contribution in [0.2, 0.25) is 0 Å². The highest BCUT2D eigenvalue weighted by Crippen LogP contribution is 2.26. The maximum absolute atomic E-state index is 12.5. The van der Waals surface area contributed by atoms with Crippen LogP contribution in [0.15, 0.2) is 30.6 Å². The van der Waals surface area contributed by atoms with Crippen molar-refractivity contribution in [3.05, 3.63) is 46.3 Å². The minimum atomic E-state index is -0.413. The van der Waals surface area contributed by atoms with Gasteiger partial charge in [0.15, 0.2) is 0 Å². The maximum Gasteiger partial charge on any atom is 0.272 e. The summed E-state index contributed by atoms with van der Waals surface area (Å²) in [6.07, 6.45) is 4.14. The van der Waals surface area contributed by atoms with Crippen LogP contribution in [0.1, 0.15) is 12.0 Å². The van der Waals surface area contributed by atoms with Crippen molar-refractivity contribution in [3.63, 3.8) is 0 Å². The Hall–Kier alpha value is -2.90. The van der Waals surface area contributed by atoms with E-state index >= 15 is 0 Å². The van der Waals surface area contributed by atoms with Gasteiger partial charge in [-0.15, -0.1) is 0 Å². The number of rotatable bonds is 4. The number of hydrogen-bond acceptors (Lipinski definition) is 5. The van der Waals surface area contributed by atoms with E-state index in [1.54, 1.807) is 48.1 Å². The highest BCUT2D eigenvalue weighted by molar-refractivity contribution is 6.00. The molecule has 0 radical (unpaired) electrons. The number of anilines is 2. The van der Waals surface area contributed by atoms with E-state index in [0.717, 1.165) is 5.69 Å². The molecule has 0 spiro atoms. The van der Waals surface area contributed by atoms with Crippen LogP contribution in [0.25, 0.3) is 0 Å². The first-order valence-electron chi connectivity index (χ1n) is 7.27. The fourth-order valence-corrected chi connectivity index (χ4v) is 2.77. The number of nitrogens with one attached hydrogen (secondary N) is 1. The van der Waals surface area contributed by atoms with Crippen LogP contribution in [0, 0.1) is 17.0 Å². The first-order valence-corrected chi connectivity index (χ1v) is 7.27. The molecule has 1 aromatic heterocycles. The fraction of sp³-hybridized carbons (Fsp3) is 0.333. The molecule has 1 aliphatic heterocycles. The Labute approximate surface area is 132 Å². The van der Waals surface area contributed by atoms with E-state index in [4.69, 9.17) is 0 Å². The van der Waals surface area contributed by atoms with Crippen molar-refractivity contribution in [2.75, 3.05) is 16.8 Å². The minimum absolute atomic E-state index is 0.0194. The summed E-state index contributed by atoms with van der Waals surface area (Å²) in [5.74, 6) is -0.0194. The molecule has 0 bridgehead atoms. The predicted octanol–water partition coefficient (Wildman–Crippen LogP) is 1.85. The van der Waals surface area contributed by atoms with Gasteiger partial charge in [0.25, 0.3) is 5.69 Å². The first-order chi connectivity index (χ1) is 11.0. The highest BCUT2D eigenvalue weighted by Gasteiger charge is 2.33. The van der Waals surface area contributed by atoms with Gasteiger partial charge < -0.3 is 10.2 Å². The molecule has 0 saturated carbocycles. The number of nitro groups is 1. The molecule has 1 amide bonds. The molecule has 1 unspecified atom stereocenters. The van der Waals surface area contributed by atoms with Crippen molar-refractivity contribution in [2.45, 2.75) is 19.4 Å². The predicted molar refractivity (Wildman–Crippen MR) is 85.4 cm³/mol. The molecule has 120 valence electrons. The molecule has 2 heterocycles. The summed E-state index contributed by atoms with van der Waals surface area (Å²) in [5.41, 5.74) is 2.13. The van der Waals surface area contributed by atoms with Crippen molar-refractivity contribution in [1.82, 2.24) is 9.78 Å². The van der Waals surface area contributed by atoms with E-state index < -0.39 is 4.92 Å². The lowest BCUT2D eigenvalue weighted by Gasteiger charge is -2.16. The summed E-state index contributed by atoms with van der Waals surface area (Å²) in [7, 11) is 1.80. The van der Waals surface area contributed by atoms with Gasteiger partial charge in [-0.05, 0) is 25.5 Å². The Bertz CT molecular complexity index is 770. The van der Waals surface area contributed by atoms with Crippen molar-refractivity contribution < 1.29 is 9.72 Å². The van der Waals surface area contributed by atoms with Gasteiger partial charge in [0.05, 0.1) is 16.8 Å². The van der Waals surface area contributed by atoms with Gasteiger partial charge in [0.1, 0.15) is 6.04 Å². The Morgan fingerprint density at radius 2 is 2.22 bits per heavy atom. The van der Waals surface area contributed by atoms with Crippen LogP contribution >= 0.6 is 0 Å². The Balaban J connectivity index is 1.73. The topological polar surface area (TPSA) is 93.3 Å². The minimum Gasteiger partial charge on any atom is -0.374 e. The van der Waals surface area contributed by atoms with Gasteiger partial charge in [-0.3, -0.25) is 19.6 Å². The summed E-state index contributed by atoms with van der Waals surface area (Å²) in [5, 5.41) is 18.1. The van der Waals surface area contributed by atoms with Crippen LogP contribution in [0.4, 0.5) is 17.1 Å². The molecular formula is C15H17N5O3. The molecule has 1 N–H and O–H groups in total. The molecule has 3 rings (SSSR count). The number of aryl methyl sites for hydroxylation is 2. The highest BCUT2D eigenvalue weighted by atomic mass is 16.6. The number of carbonyl (C=O) groups is 1. The molecule has 1 aromatic carbocycles. The molecule has 2 aromatic rings. The lowest BCUT2D eigenvalue weighted by atomic mass is 10.1. The monoisotopic (exact) mass is 315 g/mol. The SMILES string of the molecule is Cc1cc(NC2CCN(c3cnn(C)c3)C2=O)ccc1[N+](=O)[O-]. The molecule has 1 fully saturated rings. The number of amides is 1. The molecule has 23 heavy (non-hydrogen) atoms. The Kier molecular flexibility index (Phi) is 3.73. The summed E-state index contributed by atoms with van der Waals surface area (Å²) in [6.45, 7) is 2.30. The lowest BCUT2D eigenvalue weighted by molar-refractivity contribution is -0.385. The summed E-state index contributed by atoms with van der Waals surface area (Å²) in [4.78, 5) is 24.6. The van der Waals surface area contributed by atoms with E-state index in [1.165, 1.54) is 6.07 Å². The Morgan fingerprint density at radius 1 is 1.43 bits per heavy atom.